The fourth-order valence-corrected chi connectivity index (χ4v) is 4.81. The molecule has 130 valence electrons. The highest BCUT2D eigenvalue weighted by atomic mass is 32.1. The first-order chi connectivity index (χ1) is 13.3. The SMILES string of the molecule is Cc1nn(-c2ccccc2)c2sc(-c3nc4n(n3)Cc3ccccc3-4)cc12. The third-order valence-electron chi connectivity index (χ3n) is 5.02. The molecular weight excluding hydrogens is 354 g/mol. The number of aromatic nitrogens is 5. The van der Waals surface area contributed by atoms with Crippen molar-refractivity contribution in [2.24, 2.45) is 0 Å². The van der Waals surface area contributed by atoms with Crippen LogP contribution in [0.2, 0.25) is 0 Å². The molecule has 2 aromatic carbocycles. The minimum absolute atomic E-state index is 0.791. The third-order valence-corrected chi connectivity index (χ3v) is 6.12. The fourth-order valence-electron chi connectivity index (χ4n) is 3.70. The van der Waals surface area contributed by atoms with Crippen molar-refractivity contribution in [3.05, 3.63) is 71.9 Å². The van der Waals surface area contributed by atoms with E-state index < -0.39 is 0 Å². The van der Waals surface area contributed by atoms with Gasteiger partial charge in [0.25, 0.3) is 0 Å². The molecule has 1 aliphatic heterocycles. The van der Waals surface area contributed by atoms with Gasteiger partial charge in [0.2, 0.25) is 0 Å². The van der Waals surface area contributed by atoms with Crippen LogP contribution < -0.4 is 0 Å². The van der Waals surface area contributed by atoms with Crippen LogP contribution in [0, 0.1) is 6.92 Å². The van der Waals surface area contributed by atoms with Crippen LogP contribution in [-0.2, 0) is 6.54 Å². The average molecular weight is 369 g/mol. The van der Waals surface area contributed by atoms with Gasteiger partial charge in [0, 0.05) is 10.9 Å². The number of rotatable bonds is 2. The Kier molecular flexibility index (Phi) is 2.96. The summed E-state index contributed by atoms with van der Waals surface area (Å²) in [5, 5.41) is 10.6. The molecule has 0 amide bonds. The molecule has 3 aromatic heterocycles. The van der Waals surface area contributed by atoms with Gasteiger partial charge in [-0.15, -0.1) is 16.4 Å². The zero-order valence-electron chi connectivity index (χ0n) is 14.6. The van der Waals surface area contributed by atoms with E-state index in [1.165, 1.54) is 11.1 Å². The van der Waals surface area contributed by atoms with Crippen LogP contribution in [0.4, 0.5) is 0 Å². The van der Waals surface area contributed by atoms with Gasteiger partial charge in [-0.3, -0.25) is 0 Å². The molecule has 6 heteroatoms. The molecule has 0 N–H and O–H groups in total. The minimum Gasteiger partial charge on any atom is -0.241 e. The Morgan fingerprint density at radius 3 is 2.67 bits per heavy atom. The van der Waals surface area contributed by atoms with E-state index in [0.717, 1.165) is 44.7 Å². The van der Waals surface area contributed by atoms with Crippen molar-refractivity contribution in [1.82, 2.24) is 24.5 Å². The van der Waals surface area contributed by atoms with E-state index in [2.05, 4.69) is 49.4 Å². The summed E-state index contributed by atoms with van der Waals surface area (Å²) in [6.45, 7) is 2.84. The van der Waals surface area contributed by atoms with Crippen LogP contribution in [0.3, 0.4) is 0 Å². The molecule has 0 spiro atoms. The monoisotopic (exact) mass is 369 g/mol. The maximum Gasteiger partial charge on any atom is 0.191 e. The van der Waals surface area contributed by atoms with Crippen molar-refractivity contribution >= 4 is 21.6 Å². The summed E-state index contributed by atoms with van der Waals surface area (Å²) in [5.41, 5.74) is 4.56. The molecule has 0 aliphatic carbocycles. The minimum atomic E-state index is 0.791. The van der Waals surface area contributed by atoms with Gasteiger partial charge < -0.3 is 0 Å². The summed E-state index contributed by atoms with van der Waals surface area (Å²) >= 11 is 1.69. The van der Waals surface area contributed by atoms with Crippen molar-refractivity contribution in [2.45, 2.75) is 13.5 Å². The zero-order valence-corrected chi connectivity index (χ0v) is 15.4. The summed E-state index contributed by atoms with van der Waals surface area (Å²) < 4.78 is 4.01. The second-order valence-corrected chi connectivity index (χ2v) is 7.77. The van der Waals surface area contributed by atoms with Gasteiger partial charge in [-0.1, -0.05) is 42.5 Å². The summed E-state index contributed by atoms with van der Waals surface area (Å²) in [7, 11) is 0. The standard InChI is InChI=1S/C21H15N5S/c1-13-17-11-18(27-21(17)26(23-13)15-8-3-2-4-9-15)19-22-20-16-10-6-5-7-14(16)12-25(20)24-19/h2-11H,12H2,1H3. The van der Waals surface area contributed by atoms with Crippen molar-refractivity contribution in [2.75, 3.05) is 0 Å². The number of aryl methyl sites for hydroxylation is 1. The lowest BCUT2D eigenvalue weighted by Gasteiger charge is -2.00. The fraction of sp³-hybridized carbons (Fsp3) is 0.0952. The Bertz CT molecular complexity index is 1310. The van der Waals surface area contributed by atoms with E-state index in [1.54, 1.807) is 11.3 Å². The van der Waals surface area contributed by atoms with Gasteiger partial charge in [-0.2, -0.15) is 5.10 Å². The van der Waals surface area contributed by atoms with Gasteiger partial charge in [0.05, 0.1) is 22.8 Å². The molecule has 0 bridgehead atoms. The summed E-state index contributed by atoms with van der Waals surface area (Å²) in [6, 6.07) is 20.8. The van der Waals surface area contributed by atoms with E-state index in [9.17, 15) is 0 Å². The normalized spacial score (nSPS) is 12.5. The van der Waals surface area contributed by atoms with Gasteiger partial charge >= 0.3 is 0 Å². The number of hydrogen-bond donors (Lipinski definition) is 0. The first kappa shape index (κ1) is 14.9. The molecule has 0 radical (unpaired) electrons. The van der Waals surface area contributed by atoms with Crippen molar-refractivity contribution in [1.29, 1.82) is 0 Å². The van der Waals surface area contributed by atoms with Gasteiger partial charge in [-0.25, -0.2) is 14.3 Å². The molecule has 0 unspecified atom stereocenters. The highest BCUT2D eigenvalue weighted by molar-refractivity contribution is 7.21. The van der Waals surface area contributed by atoms with Crippen LogP contribution in [0.25, 0.3) is 38.0 Å². The van der Waals surface area contributed by atoms with E-state index in [0.29, 0.717) is 0 Å². The molecule has 27 heavy (non-hydrogen) atoms. The summed E-state index contributed by atoms with van der Waals surface area (Å²) in [5.74, 6) is 1.75. The van der Waals surface area contributed by atoms with Crippen LogP contribution in [-0.4, -0.2) is 24.5 Å². The molecule has 5 nitrogen and oxygen atoms in total. The van der Waals surface area contributed by atoms with Crippen LogP contribution in [0.5, 0.6) is 0 Å². The van der Waals surface area contributed by atoms with Crippen LogP contribution in [0.15, 0.2) is 60.7 Å². The van der Waals surface area contributed by atoms with Gasteiger partial charge in [0.15, 0.2) is 11.6 Å². The molecule has 0 saturated heterocycles. The first-order valence-electron chi connectivity index (χ1n) is 8.86. The Labute approximate surface area is 159 Å². The quantitative estimate of drug-likeness (QED) is 0.445. The molecule has 4 heterocycles. The number of thiophene rings is 1. The molecule has 0 saturated carbocycles. The average Bonchev–Trinajstić information content (AvgIpc) is 3.42. The number of hydrogen-bond acceptors (Lipinski definition) is 4. The molecule has 5 aromatic rings. The Balaban J connectivity index is 1.49. The molecule has 1 aliphatic rings. The Morgan fingerprint density at radius 2 is 1.78 bits per heavy atom. The lowest BCUT2D eigenvalue weighted by atomic mass is 10.1. The predicted octanol–water partition coefficient (Wildman–Crippen LogP) is 4.68. The Morgan fingerprint density at radius 1 is 0.963 bits per heavy atom. The largest absolute Gasteiger partial charge is 0.241 e. The van der Waals surface area contributed by atoms with E-state index in [1.807, 2.05) is 27.6 Å². The lowest BCUT2D eigenvalue weighted by molar-refractivity contribution is 0.723. The smallest absolute Gasteiger partial charge is 0.191 e. The second-order valence-electron chi connectivity index (χ2n) is 6.74. The lowest BCUT2D eigenvalue weighted by Crippen LogP contribution is -1.95. The molecule has 6 rings (SSSR count). The number of para-hydroxylation sites is 1. The van der Waals surface area contributed by atoms with Crippen molar-refractivity contribution < 1.29 is 0 Å². The van der Waals surface area contributed by atoms with E-state index >= 15 is 0 Å². The van der Waals surface area contributed by atoms with E-state index in [-0.39, 0.29) is 0 Å². The number of fused-ring (bicyclic) bond motifs is 4. The topological polar surface area (TPSA) is 48.5 Å². The number of nitrogens with zero attached hydrogens (tertiary/aromatic N) is 5. The first-order valence-corrected chi connectivity index (χ1v) is 9.68. The Hall–Kier alpha value is -3.25. The zero-order chi connectivity index (χ0) is 18.0. The van der Waals surface area contributed by atoms with Crippen LogP contribution >= 0.6 is 11.3 Å². The third kappa shape index (κ3) is 2.13. The van der Waals surface area contributed by atoms with Crippen molar-refractivity contribution in [3.63, 3.8) is 0 Å². The maximum absolute atomic E-state index is 4.84. The van der Waals surface area contributed by atoms with Crippen molar-refractivity contribution in [3.8, 4) is 27.8 Å². The molecular formula is C21H15N5S. The number of benzene rings is 2. The van der Waals surface area contributed by atoms with Gasteiger partial charge in [0.1, 0.15) is 4.83 Å². The van der Waals surface area contributed by atoms with Crippen LogP contribution in [0.1, 0.15) is 11.3 Å². The maximum atomic E-state index is 4.84. The van der Waals surface area contributed by atoms with Gasteiger partial charge in [-0.05, 0) is 30.7 Å². The summed E-state index contributed by atoms with van der Waals surface area (Å²) in [4.78, 5) is 7.05. The van der Waals surface area contributed by atoms with E-state index in [4.69, 9.17) is 15.2 Å². The highest BCUT2D eigenvalue weighted by Crippen LogP contribution is 2.37. The summed E-state index contributed by atoms with van der Waals surface area (Å²) in [6.07, 6.45) is 0. The molecule has 0 atom stereocenters. The predicted molar refractivity (Wildman–Crippen MR) is 107 cm³/mol. The second kappa shape index (κ2) is 5.37. The highest BCUT2D eigenvalue weighted by Gasteiger charge is 2.24. The molecule has 0 fully saturated rings.